The molecule has 7 heteroatoms. The van der Waals surface area contributed by atoms with Crippen LogP contribution >= 0.6 is 0 Å². The molecule has 3 rings (SSSR count). The zero-order valence-corrected chi connectivity index (χ0v) is 15.2. The fraction of sp³-hybridized carbons (Fsp3) is 0.556. The predicted molar refractivity (Wildman–Crippen MR) is 96.2 cm³/mol. The van der Waals surface area contributed by atoms with E-state index in [1.165, 1.54) is 12.1 Å². The topological polar surface area (TPSA) is 49.9 Å². The first-order chi connectivity index (χ1) is 12.0. The number of halogens is 1. The molecule has 1 aromatic rings. The lowest BCUT2D eigenvalue weighted by Gasteiger charge is -2.28. The first-order valence-corrected chi connectivity index (χ1v) is 10.4. The molecule has 2 aliphatic rings. The molecule has 1 saturated heterocycles. The van der Waals surface area contributed by atoms with Gasteiger partial charge in [-0.15, -0.1) is 0 Å². The van der Waals surface area contributed by atoms with Gasteiger partial charge in [-0.1, -0.05) is 18.2 Å². The molecule has 2 aliphatic heterocycles. The average molecular weight is 368 g/mol. The van der Waals surface area contributed by atoms with Crippen molar-refractivity contribution >= 4 is 15.6 Å². The van der Waals surface area contributed by atoms with Crippen molar-refractivity contribution in [1.82, 2.24) is 9.21 Å². The van der Waals surface area contributed by atoms with Crippen molar-refractivity contribution in [2.75, 3.05) is 51.7 Å². The number of benzene rings is 1. The van der Waals surface area contributed by atoms with Gasteiger partial charge in [0.25, 0.3) is 0 Å². The molecule has 1 aromatic carbocycles. The maximum atomic E-state index is 13.0. The lowest BCUT2D eigenvalue weighted by Crippen LogP contribution is -2.39. The number of ether oxygens (including phenoxy) is 1. The van der Waals surface area contributed by atoms with E-state index in [2.05, 4.69) is 4.90 Å². The van der Waals surface area contributed by atoms with Crippen molar-refractivity contribution < 1.29 is 17.5 Å². The van der Waals surface area contributed by atoms with Crippen LogP contribution in [-0.2, 0) is 14.8 Å². The molecule has 0 bridgehead atoms. The minimum atomic E-state index is -3.23. The Morgan fingerprint density at radius 1 is 1.08 bits per heavy atom. The molecule has 1 fully saturated rings. The second-order valence-electron chi connectivity index (χ2n) is 6.47. The summed E-state index contributed by atoms with van der Waals surface area (Å²) >= 11 is 0. The quantitative estimate of drug-likeness (QED) is 0.770. The highest BCUT2D eigenvalue weighted by molar-refractivity contribution is 7.89. The van der Waals surface area contributed by atoms with Crippen LogP contribution in [0.1, 0.15) is 18.4 Å². The summed E-state index contributed by atoms with van der Waals surface area (Å²) in [6, 6.07) is 6.36. The van der Waals surface area contributed by atoms with Gasteiger partial charge in [0.15, 0.2) is 0 Å². The zero-order valence-electron chi connectivity index (χ0n) is 14.4. The molecule has 0 atom stereocenters. The van der Waals surface area contributed by atoms with Gasteiger partial charge in [-0.2, -0.15) is 4.31 Å². The lowest BCUT2D eigenvalue weighted by atomic mass is 10.0. The molecule has 0 N–H and O–H groups in total. The van der Waals surface area contributed by atoms with E-state index >= 15 is 0 Å². The Kier molecular flexibility index (Phi) is 6.22. The molecule has 0 unspecified atom stereocenters. The number of morpholine rings is 1. The molecular formula is C18H25FN2O3S. The van der Waals surface area contributed by atoms with Crippen LogP contribution < -0.4 is 0 Å². The van der Waals surface area contributed by atoms with E-state index < -0.39 is 10.0 Å². The monoisotopic (exact) mass is 368 g/mol. The average Bonchev–Trinajstić information content (AvgIpc) is 2.63. The van der Waals surface area contributed by atoms with Crippen LogP contribution in [0, 0.1) is 5.82 Å². The van der Waals surface area contributed by atoms with Gasteiger partial charge in [0, 0.05) is 26.2 Å². The van der Waals surface area contributed by atoms with Crippen LogP contribution in [0.15, 0.2) is 30.3 Å². The van der Waals surface area contributed by atoms with Gasteiger partial charge in [-0.25, -0.2) is 12.8 Å². The number of sulfonamides is 1. The molecule has 0 aromatic heterocycles. The normalized spacial score (nSPS) is 20.4. The van der Waals surface area contributed by atoms with Crippen LogP contribution in [0.5, 0.6) is 0 Å². The van der Waals surface area contributed by atoms with Gasteiger partial charge in [0.1, 0.15) is 5.82 Å². The first kappa shape index (κ1) is 18.5. The number of hydrogen-bond donors (Lipinski definition) is 0. The van der Waals surface area contributed by atoms with E-state index in [0.29, 0.717) is 25.9 Å². The van der Waals surface area contributed by atoms with E-state index in [9.17, 15) is 12.8 Å². The Labute approximate surface area is 149 Å². The molecule has 5 nitrogen and oxygen atoms in total. The van der Waals surface area contributed by atoms with Crippen molar-refractivity contribution in [3.63, 3.8) is 0 Å². The highest BCUT2D eigenvalue weighted by atomic mass is 32.2. The van der Waals surface area contributed by atoms with Crippen molar-refractivity contribution in [1.29, 1.82) is 0 Å². The van der Waals surface area contributed by atoms with Crippen molar-refractivity contribution in [3.8, 4) is 0 Å². The van der Waals surface area contributed by atoms with Crippen molar-refractivity contribution in [2.45, 2.75) is 12.8 Å². The summed E-state index contributed by atoms with van der Waals surface area (Å²) in [5, 5.41) is 0. The van der Waals surface area contributed by atoms with E-state index in [1.54, 1.807) is 16.4 Å². The number of rotatable bonds is 6. The lowest BCUT2D eigenvalue weighted by molar-refractivity contribution is 0.0380. The molecule has 0 aliphatic carbocycles. The largest absolute Gasteiger partial charge is 0.379 e. The zero-order chi connectivity index (χ0) is 17.7. The highest BCUT2D eigenvalue weighted by Crippen LogP contribution is 2.24. The summed E-state index contributed by atoms with van der Waals surface area (Å²) in [5.74, 6) is -0.0750. The smallest absolute Gasteiger partial charge is 0.214 e. The van der Waals surface area contributed by atoms with Gasteiger partial charge < -0.3 is 4.74 Å². The van der Waals surface area contributed by atoms with E-state index in [-0.39, 0.29) is 11.6 Å². The molecular weight excluding hydrogens is 343 g/mol. The second kappa shape index (κ2) is 8.40. The molecule has 0 saturated carbocycles. The Bertz CT molecular complexity index is 698. The Hall–Kier alpha value is -1.28. The fourth-order valence-corrected chi connectivity index (χ4v) is 4.68. The SMILES string of the molecule is O=S(=O)(CCCN1CCOCC1)N1CC=C(c2ccc(F)cc2)CC1. The fourth-order valence-electron chi connectivity index (χ4n) is 3.25. The molecule has 0 amide bonds. The summed E-state index contributed by atoms with van der Waals surface area (Å²) in [6.45, 7) is 4.91. The van der Waals surface area contributed by atoms with Crippen LogP contribution in [0.2, 0.25) is 0 Å². The molecule has 2 heterocycles. The minimum Gasteiger partial charge on any atom is -0.379 e. The third kappa shape index (κ3) is 5.10. The van der Waals surface area contributed by atoms with Gasteiger partial charge >= 0.3 is 0 Å². The third-order valence-electron chi connectivity index (χ3n) is 4.76. The predicted octanol–water partition coefficient (Wildman–Crippen LogP) is 1.97. The Morgan fingerprint density at radius 3 is 2.44 bits per heavy atom. The Morgan fingerprint density at radius 2 is 1.80 bits per heavy atom. The van der Waals surface area contributed by atoms with Gasteiger partial charge in [0.2, 0.25) is 10.0 Å². The third-order valence-corrected chi connectivity index (χ3v) is 6.68. The van der Waals surface area contributed by atoms with Crippen molar-refractivity contribution in [3.05, 3.63) is 41.7 Å². The summed E-state index contributed by atoms with van der Waals surface area (Å²) < 4.78 is 44.9. The maximum Gasteiger partial charge on any atom is 0.214 e. The highest BCUT2D eigenvalue weighted by Gasteiger charge is 2.24. The molecule has 138 valence electrons. The van der Waals surface area contributed by atoms with E-state index in [0.717, 1.165) is 44.0 Å². The van der Waals surface area contributed by atoms with Gasteiger partial charge in [0.05, 0.1) is 19.0 Å². The van der Waals surface area contributed by atoms with Crippen LogP contribution in [-0.4, -0.2) is 69.3 Å². The van der Waals surface area contributed by atoms with Crippen molar-refractivity contribution in [2.24, 2.45) is 0 Å². The molecule has 0 spiro atoms. The maximum absolute atomic E-state index is 13.0. The van der Waals surface area contributed by atoms with E-state index in [1.807, 2.05) is 6.08 Å². The summed E-state index contributed by atoms with van der Waals surface area (Å²) in [5.41, 5.74) is 2.05. The first-order valence-electron chi connectivity index (χ1n) is 8.77. The number of hydrogen-bond acceptors (Lipinski definition) is 4. The summed E-state index contributed by atoms with van der Waals surface area (Å²) in [4.78, 5) is 2.25. The second-order valence-corrected chi connectivity index (χ2v) is 8.56. The van der Waals surface area contributed by atoms with Crippen LogP contribution in [0.3, 0.4) is 0 Å². The summed E-state index contributed by atoms with van der Waals surface area (Å²) in [7, 11) is -3.23. The molecule has 0 radical (unpaired) electrons. The molecule has 25 heavy (non-hydrogen) atoms. The number of nitrogens with zero attached hydrogens (tertiary/aromatic N) is 2. The van der Waals surface area contributed by atoms with Gasteiger partial charge in [-0.05, 0) is 42.7 Å². The Balaban J connectivity index is 1.51. The van der Waals surface area contributed by atoms with Crippen LogP contribution in [0.4, 0.5) is 4.39 Å². The van der Waals surface area contributed by atoms with Crippen LogP contribution in [0.25, 0.3) is 5.57 Å². The summed E-state index contributed by atoms with van der Waals surface area (Å²) in [6.07, 6.45) is 3.25. The van der Waals surface area contributed by atoms with Gasteiger partial charge in [-0.3, -0.25) is 4.90 Å². The van der Waals surface area contributed by atoms with E-state index in [4.69, 9.17) is 4.74 Å². The minimum absolute atomic E-state index is 0.185. The standard InChI is InChI=1S/C18H25FN2O3S/c19-18-4-2-16(3-5-18)17-6-9-21(10-7-17)25(22,23)15-1-8-20-11-13-24-14-12-20/h2-6H,1,7-15H2.